The monoisotopic (exact) mass is 262 g/mol. The zero-order valence-electron chi connectivity index (χ0n) is 9.48. The van der Waals surface area contributed by atoms with E-state index in [1.54, 1.807) is 6.55 Å². The molecule has 6 nitrogen and oxygen atoms in total. The standard InChI is InChI=1S/C7H18O6Si.ClH/c1-8-5-11-14(4,12-6-9-2)13-7-10-3;/h5-7H2,1-4H3;1H. The van der Waals surface area contributed by atoms with Crippen molar-refractivity contribution in [3.63, 3.8) is 0 Å². The van der Waals surface area contributed by atoms with E-state index >= 15 is 0 Å². The smallest absolute Gasteiger partial charge is 0.360 e. The van der Waals surface area contributed by atoms with Gasteiger partial charge in [0.25, 0.3) is 0 Å². The molecule has 15 heavy (non-hydrogen) atoms. The molecule has 0 aliphatic carbocycles. The van der Waals surface area contributed by atoms with Gasteiger partial charge in [0.05, 0.1) is 0 Å². The van der Waals surface area contributed by atoms with E-state index in [4.69, 9.17) is 27.5 Å². The van der Waals surface area contributed by atoms with E-state index in [1.165, 1.54) is 21.3 Å². The van der Waals surface area contributed by atoms with Gasteiger partial charge in [0.2, 0.25) is 0 Å². The minimum absolute atomic E-state index is 0. The first kappa shape index (κ1) is 17.7. The first-order valence-electron chi connectivity index (χ1n) is 4.07. The number of hydrogen-bond acceptors (Lipinski definition) is 6. The van der Waals surface area contributed by atoms with E-state index in [9.17, 15) is 0 Å². The number of ether oxygens (including phenoxy) is 3. The van der Waals surface area contributed by atoms with Crippen LogP contribution < -0.4 is 0 Å². The van der Waals surface area contributed by atoms with E-state index in [0.717, 1.165) is 0 Å². The highest BCUT2D eigenvalue weighted by molar-refractivity contribution is 6.59. The van der Waals surface area contributed by atoms with Crippen LogP contribution in [0.15, 0.2) is 0 Å². The summed E-state index contributed by atoms with van der Waals surface area (Å²) in [6, 6.07) is 0. The SMILES string of the molecule is COCO[Si](C)(OCOC)OCOC.Cl. The van der Waals surface area contributed by atoms with Gasteiger partial charge in [-0.3, -0.25) is 0 Å². The van der Waals surface area contributed by atoms with Crippen molar-refractivity contribution in [1.82, 2.24) is 0 Å². The minimum Gasteiger partial charge on any atom is -0.360 e. The second kappa shape index (κ2) is 10.8. The Kier molecular flexibility index (Phi) is 12.7. The number of rotatable bonds is 9. The lowest BCUT2D eigenvalue weighted by Gasteiger charge is -2.24. The van der Waals surface area contributed by atoms with Gasteiger partial charge in [-0.15, -0.1) is 12.4 Å². The lowest BCUT2D eigenvalue weighted by Crippen LogP contribution is -2.44. The van der Waals surface area contributed by atoms with Crippen molar-refractivity contribution in [2.75, 3.05) is 41.7 Å². The Hall–Kier alpha value is 0.267. The van der Waals surface area contributed by atoms with E-state index < -0.39 is 8.80 Å². The van der Waals surface area contributed by atoms with Crippen molar-refractivity contribution in [3.05, 3.63) is 0 Å². The topological polar surface area (TPSA) is 55.4 Å². The number of hydrogen-bond donors (Lipinski definition) is 0. The van der Waals surface area contributed by atoms with Crippen molar-refractivity contribution in [1.29, 1.82) is 0 Å². The summed E-state index contributed by atoms with van der Waals surface area (Å²) in [5.74, 6) is 0. The molecule has 0 aliphatic rings. The molecule has 0 bridgehead atoms. The summed E-state index contributed by atoms with van der Waals surface area (Å²) in [5, 5.41) is 0. The van der Waals surface area contributed by atoms with Gasteiger partial charge in [0.1, 0.15) is 20.4 Å². The Balaban J connectivity index is 0. The average molecular weight is 263 g/mol. The second-order valence-corrected chi connectivity index (χ2v) is 5.11. The largest absolute Gasteiger partial charge is 0.502 e. The van der Waals surface area contributed by atoms with Crippen molar-refractivity contribution >= 4 is 21.2 Å². The lowest BCUT2D eigenvalue weighted by molar-refractivity contribution is -0.0819. The van der Waals surface area contributed by atoms with Crippen molar-refractivity contribution in [2.45, 2.75) is 6.55 Å². The van der Waals surface area contributed by atoms with Gasteiger partial charge >= 0.3 is 8.80 Å². The third-order valence-electron chi connectivity index (χ3n) is 1.32. The van der Waals surface area contributed by atoms with E-state index in [1.807, 2.05) is 0 Å². The van der Waals surface area contributed by atoms with E-state index in [-0.39, 0.29) is 32.8 Å². The number of methoxy groups -OCH3 is 3. The van der Waals surface area contributed by atoms with Gasteiger partial charge in [-0.1, -0.05) is 0 Å². The molecule has 0 saturated heterocycles. The van der Waals surface area contributed by atoms with Crippen LogP contribution in [-0.4, -0.2) is 50.5 Å². The van der Waals surface area contributed by atoms with Crippen LogP contribution in [0.25, 0.3) is 0 Å². The van der Waals surface area contributed by atoms with Gasteiger partial charge in [-0.05, 0) is 0 Å². The summed E-state index contributed by atoms with van der Waals surface area (Å²) < 4.78 is 30.2. The Morgan fingerprint density at radius 3 is 1.20 bits per heavy atom. The van der Waals surface area contributed by atoms with Gasteiger partial charge < -0.3 is 27.5 Å². The van der Waals surface area contributed by atoms with Crippen LogP contribution >= 0.6 is 12.4 Å². The average Bonchev–Trinajstić information content (AvgIpc) is 2.21. The molecular weight excluding hydrogens is 244 g/mol. The quantitative estimate of drug-likeness (QED) is 0.453. The van der Waals surface area contributed by atoms with Crippen LogP contribution in [0.4, 0.5) is 0 Å². The minimum atomic E-state index is -2.69. The molecular formula is C7H19ClO6Si. The van der Waals surface area contributed by atoms with E-state index in [0.29, 0.717) is 0 Å². The predicted molar refractivity (Wildman–Crippen MR) is 57.7 cm³/mol. The third kappa shape index (κ3) is 9.21. The highest BCUT2D eigenvalue weighted by atomic mass is 35.5. The molecule has 0 aromatic rings. The maximum absolute atomic E-state index is 5.30. The summed E-state index contributed by atoms with van der Waals surface area (Å²) in [7, 11) is 1.90. The molecule has 0 radical (unpaired) electrons. The van der Waals surface area contributed by atoms with Crippen molar-refractivity contribution in [3.8, 4) is 0 Å². The summed E-state index contributed by atoms with van der Waals surface area (Å²) in [4.78, 5) is 0. The fourth-order valence-electron chi connectivity index (χ4n) is 0.623. The van der Waals surface area contributed by atoms with Gasteiger partial charge in [0.15, 0.2) is 0 Å². The summed E-state index contributed by atoms with van der Waals surface area (Å²) in [6.07, 6.45) is 0. The Bertz CT molecular complexity index is 117. The second-order valence-electron chi connectivity index (χ2n) is 2.51. The van der Waals surface area contributed by atoms with Crippen LogP contribution in [0.3, 0.4) is 0 Å². The van der Waals surface area contributed by atoms with Crippen molar-refractivity contribution in [2.24, 2.45) is 0 Å². The first-order valence-corrected chi connectivity index (χ1v) is 6.29. The molecule has 0 aromatic carbocycles. The Morgan fingerprint density at radius 1 is 0.733 bits per heavy atom. The van der Waals surface area contributed by atoms with E-state index in [2.05, 4.69) is 0 Å². The predicted octanol–water partition coefficient (Wildman–Crippen LogP) is 0.838. The molecule has 0 saturated carbocycles. The molecule has 0 amide bonds. The number of halogens is 1. The molecule has 8 heteroatoms. The lowest BCUT2D eigenvalue weighted by atomic mass is 11.4. The van der Waals surface area contributed by atoms with Crippen LogP contribution in [0.1, 0.15) is 0 Å². The highest BCUT2D eigenvalue weighted by Crippen LogP contribution is 2.09. The first-order chi connectivity index (χ1) is 6.68. The molecule has 0 N–H and O–H groups in total. The Labute approximate surface area is 97.5 Å². The molecule has 0 atom stereocenters. The normalized spacial score (nSPS) is 11.2. The van der Waals surface area contributed by atoms with Crippen LogP contribution in [-0.2, 0) is 27.5 Å². The molecule has 0 fully saturated rings. The van der Waals surface area contributed by atoms with Crippen LogP contribution in [0.2, 0.25) is 6.55 Å². The summed E-state index contributed by atoms with van der Waals surface area (Å²) in [6.45, 7) is 2.10. The molecule has 94 valence electrons. The molecule has 0 heterocycles. The zero-order chi connectivity index (χ0) is 10.9. The summed E-state index contributed by atoms with van der Waals surface area (Å²) >= 11 is 0. The van der Waals surface area contributed by atoms with Gasteiger partial charge in [0, 0.05) is 27.9 Å². The fraction of sp³-hybridized carbons (Fsp3) is 1.00. The van der Waals surface area contributed by atoms with Crippen LogP contribution in [0.5, 0.6) is 0 Å². The van der Waals surface area contributed by atoms with Crippen LogP contribution in [0, 0.1) is 0 Å². The fourth-order valence-corrected chi connectivity index (χ4v) is 1.87. The third-order valence-corrected chi connectivity index (χ3v) is 3.24. The summed E-state index contributed by atoms with van der Waals surface area (Å²) in [5.41, 5.74) is 0. The zero-order valence-corrected chi connectivity index (χ0v) is 11.3. The molecule has 0 unspecified atom stereocenters. The maximum atomic E-state index is 5.30. The molecule has 0 spiro atoms. The highest BCUT2D eigenvalue weighted by Gasteiger charge is 2.35. The maximum Gasteiger partial charge on any atom is 0.502 e. The Morgan fingerprint density at radius 2 is 1.00 bits per heavy atom. The molecule has 0 aliphatic heterocycles. The molecule has 0 rings (SSSR count). The van der Waals surface area contributed by atoms with Gasteiger partial charge in [-0.2, -0.15) is 0 Å². The van der Waals surface area contributed by atoms with Gasteiger partial charge in [-0.25, -0.2) is 0 Å². The van der Waals surface area contributed by atoms with Crippen molar-refractivity contribution < 1.29 is 27.5 Å². The molecule has 0 aromatic heterocycles.